The third-order valence-electron chi connectivity index (χ3n) is 5.73. The molecule has 4 rings (SSSR count). The van der Waals surface area contributed by atoms with Crippen LogP contribution in [0.3, 0.4) is 0 Å². The summed E-state index contributed by atoms with van der Waals surface area (Å²) < 4.78 is 0. The molecule has 2 aliphatic rings. The van der Waals surface area contributed by atoms with Gasteiger partial charge in [-0.2, -0.15) is 0 Å². The van der Waals surface area contributed by atoms with Crippen LogP contribution >= 0.6 is 0 Å². The lowest BCUT2D eigenvalue weighted by atomic mass is 9.77. The van der Waals surface area contributed by atoms with Gasteiger partial charge in [-0.3, -0.25) is 14.5 Å². The van der Waals surface area contributed by atoms with Crippen LogP contribution in [-0.4, -0.2) is 11.7 Å². The van der Waals surface area contributed by atoms with E-state index in [1.165, 1.54) is 5.56 Å². The highest BCUT2D eigenvalue weighted by molar-refractivity contribution is 6.07. The van der Waals surface area contributed by atoms with Gasteiger partial charge in [0.05, 0.1) is 0 Å². The van der Waals surface area contributed by atoms with E-state index in [9.17, 15) is 9.59 Å². The standard InChI is InChI=1S/C24H25NO2/c1-3-17-10-12-18(13-11-17)20-15-23(27)25(19-7-4-6-16(2)14-19)21-8-5-9-22(26)24(20)21/h4,6-7,10-14,20H,3,5,8-9,15H2,1-2H3. The normalized spacial score (nSPS) is 20.1. The van der Waals surface area contributed by atoms with E-state index in [0.29, 0.717) is 12.8 Å². The van der Waals surface area contributed by atoms with Crippen LogP contribution in [0.15, 0.2) is 59.8 Å². The van der Waals surface area contributed by atoms with E-state index in [-0.39, 0.29) is 17.6 Å². The first kappa shape index (κ1) is 17.7. The Morgan fingerprint density at radius 1 is 1.04 bits per heavy atom. The molecule has 1 atom stereocenters. The number of hydrogen-bond acceptors (Lipinski definition) is 2. The topological polar surface area (TPSA) is 37.4 Å². The number of anilines is 1. The van der Waals surface area contributed by atoms with Crippen LogP contribution < -0.4 is 4.90 Å². The van der Waals surface area contributed by atoms with Gasteiger partial charge in [0.25, 0.3) is 0 Å². The zero-order valence-electron chi connectivity index (χ0n) is 16.0. The molecule has 0 fully saturated rings. The number of rotatable bonds is 3. The fraction of sp³-hybridized carbons (Fsp3) is 0.333. The van der Waals surface area contributed by atoms with Gasteiger partial charge >= 0.3 is 0 Å². The Balaban J connectivity index is 1.82. The van der Waals surface area contributed by atoms with Crippen LogP contribution in [0.1, 0.15) is 55.2 Å². The predicted octanol–water partition coefficient (Wildman–Crippen LogP) is 5.09. The number of hydrogen-bond donors (Lipinski definition) is 0. The molecule has 0 N–H and O–H groups in total. The minimum Gasteiger partial charge on any atom is -0.294 e. The summed E-state index contributed by atoms with van der Waals surface area (Å²) in [5, 5.41) is 0. The first-order valence-corrected chi connectivity index (χ1v) is 9.83. The van der Waals surface area contributed by atoms with Crippen molar-refractivity contribution in [3.63, 3.8) is 0 Å². The summed E-state index contributed by atoms with van der Waals surface area (Å²) in [5.41, 5.74) is 6.10. The predicted molar refractivity (Wildman–Crippen MR) is 108 cm³/mol. The molecule has 1 heterocycles. The number of aryl methyl sites for hydroxylation is 2. The monoisotopic (exact) mass is 359 g/mol. The van der Waals surface area contributed by atoms with Crippen LogP contribution in [0.4, 0.5) is 5.69 Å². The lowest BCUT2D eigenvalue weighted by molar-refractivity contribution is -0.119. The third kappa shape index (κ3) is 3.23. The molecule has 3 nitrogen and oxygen atoms in total. The van der Waals surface area contributed by atoms with Crippen molar-refractivity contribution in [2.45, 2.75) is 51.9 Å². The highest BCUT2D eigenvalue weighted by atomic mass is 16.2. The molecular formula is C24H25NO2. The SMILES string of the molecule is CCc1ccc(C2CC(=O)N(c3cccc(C)c3)C3=C2C(=O)CCC3)cc1. The van der Waals surface area contributed by atoms with Crippen molar-refractivity contribution in [2.75, 3.05) is 4.90 Å². The maximum absolute atomic E-state index is 13.2. The molecule has 0 saturated heterocycles. The molecule has 2 aromatic carbocycles. The number of ketones is 1. The number of carbonyl (C=O) groups excluding carboxylic acids is 2. The van der Waals surface area contributed by atoms with Gasteiger partial charge in [0.15, 0.2) is 5.78 Å². The van der Waals surface area contributed by atoms with Gasteiger partial charge in [-0.25, -0.2) is 0 Å². The average molecular weight is 359 g/mol. The highest BCUT2D eigenvalue weighted by Gasteiger charge is 2.39. The molecule has 0 bridgehead atoms. The Bertz CT molecular complexity index is 924. The molecule has 3 heteroatoms. The molecule has 1 amide bonds. The van der Waals surface area contributed by atoms with Crippen molar-refractivity contribution >= 4 is 17.4 Å². The van der Waals surface area contributed by atoms with Crippen molar-refractivity contribution in [2.24, 2.45) is 0 Å². The smallest absolute Gasteiger partial charge is 0.232 e. The van der Waals surface area contributed by atoms with Crippen LogP contribution in [0.25, 0.3) is 0 Å². The van der Waals surface area contributed by atoms with E-state index >= 15 is 0 Å². The first-order valence-electron chi connectivity index (χ1n) is 9.83. The molecule has 0 aromatic heterocycles. The van der Waals surface area contributed by atoms with Gasteiger partial charge in [-0.05, 0) is 55.0 Å². The Hall–Kier alpha value is -2.68. The van der Waals surface area contributed by atoms with Gasteiger partial charge in [0.2, 0.25) is 5.91 Å². The number of nitrogens with zero attached hydrogens (tertiary/aromatic N) is 1. The van der Waals surface area contributed by atoms with E-state index in [1.807, 2.05) is 31.2 Å². The summed E-state index contributed by atoms with van der Waals surface area (Å²) in [4.78, 5) is 27.8. The molecule has 1 aliphatic carbocycles. The summed E-state index contributed by atoms with van der Waals surface area (Å²) >= 11 is 0. The maximum Gasteiger partial charge on any atom is 0.232 e. The Morgan fingerprint density at radius 2 is 1.81 bits per heavy atom. The second-order valence-corrected chi connectivity index (χ2v) is 7.56. The maximum atomic E-state index is 13.2. The van der Waals surface area contributed by atoms with Crippen molar-refractivity contribution in [3.05, 3.63) is 76.5 Å². The lowest BCUT2D eigenvalue weighted by Crippen LogP contribution is -2.40. The van der Waals surface area contributed by atoms with E-state index in [2.05, 4.69) is 31.2 Å². The summed E-state index contributed by atoms with van der Waals surface area (Å²) in [5.74, 6) is 0.164. The van der Waals surface area contributed by atoms with Crippen LogP contribution in [-0.2, 0) is 16.0 Å². The third-order valence-corrected chi connectivity index (χ3v) is 5.73. The van der Waals surface area contributed by atoms with Gasteiger partial charge in [0.1, 0.15) is 0 Å². The molecule has 0 spiro atoms. The molecule has 0 saturated carbocycles. The van der Waals surface area contributed by atoms with Gasteiger partial charge in [0, 0.05) is 35.7 Å². The van der Waals surface area contributed by atoms with Gasteiger partial charge in [-0.15, -0.1) is 0 Å². The number of allylic oxidation sites excluding steroid dienone is 2. The number of Topliss-reactive ketones (excluding diaryl/α,β-unsaturated/α-hetero) is 1. The average Bonchev–Trinajstić information content (AvgIpc) is 2.67. The molecule has 1 unspecified atom stereocenters. The van der Waals surface area contributed by atoms with E-state index in [1.54, 1.807) is 4.90 Å². The summed E-state index contributed by atoms with van der Waals surface area (Å²) in [6.07, 6.45) is 3.51. The molecule has 1 aliphatic heterocycles. The van der Waals surface area contributed by atoms with E-state index in [0.717, 1.165) is 47.3 Å². The van der Waals surface area contributed by atoms with E-state index < -0.39 is 0 Å². The molecule has 2 aromatic rings. The van der Waals surface area contributed by atoms with Gasteiger partial charge < -0.3 is 0 Å². The van der Waals surface area contributed by atoms with Crippen molar-refractivity contribution in [1.82, 2.24) is 0 Å². The highest BCUT2D eigenvalue weighted by Crippen LogP contribution is 2.43. The fourth-order valence-corrected chi connectivity index (χ4v) is 4.33. The number of amides is 1. The molecule has 27 heavy (non-hydrogen) atoms. The zero-order chi connectivity index (χ0) is 19.0. The lowest BCUT2D eigenvalue weighted by Gasteiger charge is -2.38. The van der Waals surface area contributed by atoms with Gasteiger partial charge in [-0.1, -0.05) is 43.3 Å². The molecular weight excluding hydrogens is 334 g/mol. The van der Waals surface area contributed by atoms with Crippen molar-refractivity contribution in [1.29, 1.82) is 0 Å². The van der Waals surface area contributed by atoms with Crippen LogP contribution in [0.2, 0.25) is 0 Å². The molecule has 138 valence electrons. The summed E-state index contributed by atoms with van der Waals surface area (Å²) in [7, 11) is 0. The van der Waals surface area contributed by atoms with Crippen LogP contribution in [0, 0.1) is 6.92 Å². The zero-order valence-corrected chi connectivity index (χ0v) is 16.0. The summed E-state index contributed by atoms with van der Waals surface area (Å²) in [6.45, 7) is 4.15. The number of carbonyl (C=O) groups is 2. The first-order chi connectivity index (χ1) is 13.1. The Kier molecular flexibility index (Phi) is 4.69. The minimum absolute atomic E-state index is 0.0821. The second kappa shape index (κ2) is 7.15. The van der Waals surface area contributed by atoms with E-state index in [4.69, 9.17) is 0 Å². The quantitative estimate of drug-likeness (QED) is 0.766. The summed E-state index contributed by atoms with van der Waals surface area (Å²) in [6, 6.07) is 16.4. The van der Waals surface area contributed by atoms with Crippen molar-refractivity contribution < 1.29 is 9.59 Å². The number of benzene rings is 2. The minimum atomic E-state index is -0.118. The fourth-order valence-electron chi connectivity index (χ4n) is 4.33. The largest absolute Gasteiger partial charge is 0.294 e. The second-order valence-electron chi connectivity index (χ2n) is 7.56. The van der Waals surface area contributed by atoms with Crippen LogP contribution in [0.5, 0.6) is 0 Å². The van der Waals surface area contributed by atoms with Crippen molar-refractivity contribution in [3.8, 4) is 0 Å². The molecule has 0 radical (unpaired) electrons. The Morgan fingerprint density at radius 3 is 2.52 bits per heavy atom. The Labute approximate surface area is 160 Å².